The normalized spacial score (nSPS) is 19.1. The highest BCUT2D eigenvalue weighted by Gasteiger charge is 2.22. The lowest BCUT2D eigenvalue weighted by molar-refractivity contribution is -0.130. The molecule has 0 saturated carbocycles. The molecular formula is C6H9N3O2. The number of amides is 2. The molecule has 2 amide bonds. The smallest absolute Gasteiger partial charge is 0.267 e. The second-order valence-electron chi connectivity index (χ2n) is 2.39. The van der Waals surface area contributed by atoms with Gasteiger partial charge in [0.15, 0.2) is 0 Å². The number of hydrogen-bond donors (Lipinski definition) is 1. The molecule has 0 fully saturated rings. The second-order valence-corrected chi connectivity index (χ2v) is 2.39. The van der Waals surface area contributed by atoms with Crippen LogP contribution in [0, 0.1) is 0 Å². The lowest BCUT2D eigenvalue weighted by Gasteiger charge is -2.12. The second kappa shape index (κ2) is 2.79. The van der Waals surface area contributed by atoms with Crippen LogP contribution in [0.5, 0.6) is 0 Å². The SMILES string of the molecule is CC(N)C(=O)N1C=NC(=O)C1. The predicted molar refractivity (Wildman–Crippen MR) is 38.9 cm³/mol. The Labute approximate surface area is 63.9 Å². The first-order valence-electron chi connectivity index (χ1n) is 3.24. The Bertz CT molecular complexity index is 222. The minimum Gasteiger partial charge on any atom is -0.320 e. The molecule has 2 N–H and O–H groups in total. The van der Waals surface area contributed by atoms with Crippen molar-refractivity contribution in [3.05, 3.63) is 0 Å². The van der Waals surface area contributed by atoms with E-state index in [-0.39, 0.29) is 18.4 Å². The highest BCUT2D eigenvalue weighted by Crippen LogP contribution is 1.97. The monoisotopic (exact) mass is 155 g/mol. The van der Waals surface area contributed by atoms with E-state index < -0.39 is 6.04 Å². The van der Waals surface area contributed by atoms with Crippen molar-refractivity contribution in [1.29, 1.82) is 0 Å². The summed E-state index contributed by atoms with van der Waals surface area (Å²) in [4.78, 5) is 26.2. The van der Waals surface area contributed by atoms with Gasteiger partial charge in [0.1, 0.15) is 12.9 Å². The molecule has 1 rings (SSSR count). The Balaban J connectivity index is 2.58. The Hall–Kier alpha value is -1.23. The number of nitrogens with two attached hydrogens (primary N) is 1. The third kappa shape index (κ3) is 1.62. The van der Waals surface area contributed by atoms with Crippen LogP contribution < -0.4 is 5.73 Å². The zero-order valence-corrected chi connectivity index (χ0v) is 6.15. The Morgan fingerprint density at radius 3 is 2.91 bits per heavy atom. The van der Waals surface area contributed by atoms with Crippen molar-refractivity contribution in [3.63, 3.8) is 0 Å². The molecule has 0 bridgehead atoms. The summed E-state index contributed by atoms with van der Waals surface area (Å²) in [5.41, 5.74) is 5.30. The van der Waals surface area contributed by atoms with E-state index in [4.69, 9.17) is 5.73 Å². The molecule has 0 aromatic heterocycles. The maximum Gasteiger partial charge on any atom is 0.267 e. The number of rotatable bonds is 1. The molecule has 0 aliphatic carbocycles. The van der Waals surface area contributed by atoms with E-state index in [1.807, 2.05) is 0 Å². The van der Waals surface area contributed by atoms with E-state index in [0.29, 0.717) is 0 Å². The van der Waals surface area contributed by atoms with Gasteiger partial charge in [0.05, 0.1) is 6.04 Å². The van der Waals surface area contributed by atoms with E-state index in [0.717, 1.165) is 0 Å². The van der Waals surface area contributed by atoms with Crippen LogP contribution in [0.1, 0.15) is 6.92 Å². The summed E-state index contributed by atoms with van der Waals surface area (Å²) in [6.45, 7) is 1.60. The van der Waals surface area contributed by atoms with Crippen molar-refractivity contribution < 1.29 is 9.59 Å². The molecule has 0 spiro atoms. The molecule has 1 atom stereocenters. The quantitative estimate of drug-likeness (QED) is 0.513. The van der Waals surface area contributed by atoms with Gasteiger partial charge in [-0.25, -0.2) is 4.99 Å². The third-order valence-electron chi connectivity index (χ3n) is 1.32. The first kappa shape index (κ1) is 7.87. The van der Waals surface area contributed by atoms with Crippen LogP contribution in [-0.4, -0.2) is 35.6 Å². The lowest BCUT2D eigenvalue weighted by atomic mass is 10.3. The van der Waals surface area contributed by atoms with Gasteiger partial charge in [-0.1, -0.05) is 0 Å². The van der Waals surface area contributed by atoms with Crippen LogP contribution in [0.25, 0.3) is 0 Å². The first-order chi connectivity index (χ1) is 5.11. The molecule has 0 aromatic carbocycles. The van der Waals surface area contributed by atoms with Gasteiger partial charge in [-0.15, -0.1) is 0 Å². The predicted octanol–water partition coefficient (Wildman–Crippen LogP) is -1.27. The van der Waals surface area contributed by atoms with Gasteiger partial charge in [0, 0.05) is 0 Å². The van der Waals surface area contributed by atoms with Crippen molar-refractivity contribution in [3.8, 4) is 0 Å². The van der Waals surface area contributed by atoms with Crippen molar-refractivity contribution in [1.82, 2.24) is 4.90 Å². The van der Waals surface area contributed by atoms with Gasteiger partial charge in [0.2, 0.25) is 5.91 Å². The molecule has 60 valence electrons. The number of hydrogen-bond acceptors (Lipinski definition) is 3. The molecule has 1 heterocycles. The maximum absolute atomic E-state index is 11.0. The van der Waals surface area contributed by atoms with Crippen LogP contribution in [0.3, 0.4) is 0 Å². The number of aliphatic imine (C=N–C) groups is 1. The van der Waals surface area contributed by atoms with Crippen molar-refractivity contribution in [2.75, 3.05) is 6.54 Å². The Morgan fingerprint density at radius 1 is 1.91 bits per heavy atom. The molecular weight excluding hydrogens is 146 g/mol. The molecule has 11 heavy (non-hydrogen) atoms. The molecule has 0 aromatic rings. The van der Waals surface area contributed by atoms with Crippen molar-refractivity contribution in [2.45, 2.75) is 13.0 Å². The van der Waals surface area contributed by atoms with Gasteiger partial charge in [-0.05, 0) is 6.92 Å². The Morgan fingerprint density at radius 2 is 2.55 bits per heavy atom. The van der Waals surface area contributed by atoms with Gasteiger partial charge in [-0.2, -0.15) is 0 Å². The number of carbonyl (C=O) groups is 2. The van der Waals surface area contributed by atoms with E-state index in [9.17, 15) is 9.59 Å². The number of nitrogens with zero attached hydrogens (tertiary/aromatic N) is 2. The number of carbonyl (C=O) groups excluding carboxylic acids is 2. The topological polar surface area (TPSA) is 75.8 Å². The highest BCUT2D eigenvalue weighted by atomic mass is 16.2. The minimum atomic E-state index is -0.577. The highest BCUT2D eigenvalue weighted by molar-refractivity contribution is 6.02. The van der Waals surface area contributed by atoms with E-state index in [2.05, 4.69) is 4.99 Å². The van der Waals surface area contributed by atoms with E-state index >= 15 is 0 Å². The largest absolute Gasteiger partial charge is 0.320 e. The zero-order chi connectivity index (χ0) is 8.43. The average Bonchev–Trinajstić information content (AvgIpc) is 2.34. The summed E-state index contributed by atoms with van der Waals surface area (Å²) in [5.74, 6) is -0.585. The summed E-state index contributed by atoms with van der Waals surface area (Å²) in [6, 6.07) is -0.577. The van der Waals surface area contributed by atoms with Crippen LogP contribution >= 0.6 is 0 Å². The van der Waals surface area contributed by atoms with Gasteiger partial charge in [0.25, 0.3) is 5.91 Å². The Kier molecular flexibility index (Phi) is 2.00. The lowest BCUT2D eigenvalue weighted by Crippen LogP contribution is -2.40. The zero-order valence-electron chi connectivity index (χ0n) is 6.15. The van der Waals surface area contributed by atoms with Crippen molar-refractivity contribution in [2.24, 2.45) is 10.7 Å². The first-order valence-corrected chi connectivity index (χ1v) is 3.24. The molecule has 0 radical (unpaired) electrons. The third-order valence-corrected chi connectivity index (χ3v) is 1.32. The summed E-state index contributed by atoms with van der Waals surface area (Å²) in [5, 5.41) is 0. The standard InChI is InChI=1S/C6H9N3O2/c1-4(7)6(11)9-2-5(10)8-3-9/h3-4H,2,7H2,1H3. The fourth-order valence-electron chi connectivity index (χ4n) is 0.758. The van der Waals surface area contributed by atoms with Crippen LogP contribution in [0.15, 0.2) is 4.99 Å². The molecule has 1 unspecified atom stereocenters. The van der Waals surface area contributed by atoms with Gasteiger partial charge in [-0.3, -0.25) is 14.5 Å². The molecule has 0 saturated heterocycles. The fraction of sp³-hybridized carbons (Fsp3) is 0.500. The van der Waals surface area contributed by atoms with E-state index in [1.165, 1.54) is 11.2 Å². The summed E-state index contributed by atoms with van der Waals surface area (Å²) in [6.07, 6.45) is 1.22. The average molecular weight is 155 g/mol. The van der Waals surface area contributed by atoms with Crippen LogP contribution in [-0.2, 0) is 9.59 Å². The minimum absolute atomic E-state index is 0.0281. The van der Waals surface area contributed by atoms with Crippen LogP contribution in [0.4, 0.5) is 0 Å². The molecule has 5 nitrogen and oxygen atoms in total. The van der Waals surface area contributed by atoms with Crippen LogP contribution in [0.2, 0.25) is 0 Å². The van der Waals surface area contributed by atoms with Crippen molar-refractivity contribution >= 4 is 18.2 Å². The molecule has 1 aliphatic heterocycles. The van der Waals surface area contributed by atoms with Gasteiger partial charge >= 0.3 is 0 Å². The summed E-state index contributed by atoms with van der Waals surface area (Å²) in [7, 11) is 0. The fourth-order valence-corrected chi connectivity index (χ4v) is 0.758. The maximum atomic E-state index is 11.0. The summed E-state index contributed by atoms with van der Waals surface area (Å²) >= 11 is 0. The van der Waals surface area contributed by atoms with E-state index in [1.54, 1.807) is 6.92 Å². The molecule has 5 heteroatoms. The summed E-state index contributed by atoms with van der Waals surface area (Å²) < 4.78 is 0. The van der Waals surface area contributed by atoms with Gasteiger partial charge < -0.3 is 5.73 Å². The molecule has 1 aliphatic rings.